The van der Waals surface area contributed by atoms with Gasteiger partial charge in [0.25, 0.3) is 0 Å². The number of aliphatic carboxylic acids is 3. The number of amides is 5. The van der Waals surface area contributed by atoms with Gasteiger partial charge >= 0.3 is 30.0 Å². The SMILES string of the molecule is [2H]N(C(=O)NCC(NC(=O)CCCCCC)C(=O)O)[C@@H](CCCC(NC(=O)OC(C)(C)C)C(=O)O)C(=O)N[C@@H](C)C(=O)O. The van der Waals surface area contributed by atoms with Crippen molar-refractivity contribution in [2.75, 3.05) is 6.54 Å². The van der Waals surface area contributed by atoms with E-state index in [-0.39, 0.29) is 31.0 Å². The van der Waals surface area contributed by atoms with Gasteiger partial charge < -0.3 is 46.6 Å². The van der Waals surface area contributed by atoms with Gasteiger partial charge in [0.1, 0.15) is 29.8 Å². The fourth-order valence-electron chi connectivity index (χ4n) is 3.40. The van der Waals surface area contributed by atoms with Crippen molar-refractivity contribution in [2.45, 2.75) is 116 Å². The third-order valence-corrected chi connectivity index (χ3v) is 5.61. The summed E-state index contributed by atoms with van der Waals surface area (Å²) in [5.41, 5.74) is -0.896. The number of carboxylic acid groups (broad SMARTS) is 3. The van der Waals surface area contributed by atoms with E-state index in [0.717, 1.165) is 26.2 Å². The number of unbranched alkanes of at least 4 members (excludes halogenated alkanes) is 3. The highest BCUT2D eigenvalue weighted by Crippen LogP contribution is 2.10. The van der Waals surface area contributed by atoms with Crippen LogP contribution in [0.15, 0.2) is 0 Å². The van der Waals surface area contributed by atoms with Crippen LogP contribution in [-0.2, 0) is 28.7 Å². The summed E-state index contributed by atoms with van der Waals surface area (Å²) in [4.78, 5) is 84.1. The molecule has 0 spiro atoms. The molecule has 0 bridgehead atoms. The fourth-order valence-corrected chi connectivity index (χ4v) is 3.40. The van der Waals surface area contributed by atoms with Gasteiger partial charge in [-0.1, -0.05) is 26.2 Å². The van der Waals surface area contributed by atoms with E-state index < -0.39 is 78.2 Å². The predicted octanol–water partition coefficient (Wildman–Crippen LogP) is 0.932. The summed E-state index contributed by atoms with van der Waals surface area (Å²) in [5, 5.41) is 37.0. The van der Waals surface area contributed by atoms with Crippen LogP contribution in [0.3, 0.4) is 0 Å². The molecule has 0 aromatic rings. The molecular formula is C26H45N5O11. The number of carbonyl (C=O) groups is 7. The zero-order valence-corrected chi connectivity index (χ0v) is 24.7. The van der Waals surface area contributed by atoms with Crippen molar-refractivity contribution in [2.24, 2.45) is 0 Å². The summed E-state index contributed by atoms with van der Waals surface area (Å²) in [6.45, 7) is 7.27. The van der Waals surface area contributed by atoms with Crippen LogP contribution in [0.1, 0.15) is 86.0 Å². The van der Waals surface area contributed by atoms with Gasteiger partial charge in [-0.3, -0.25) is 14.4 Å². The van der Waals surface area contributed by atoms with Crippen molar-refractivity contribution >= 4 is 41.8 Å². The highest BCUT2D eigenvalue weighted by atomic mass is 16.6. The molecule has 16 nitrogen and oxygen atoms in total. The second kappa shape index (κ2) is 19.1. The lowest BCUT2D eigenvalue weighted by atomic mass is 10.0. The van der Waals surface area contributed by atoms with E-state index in [1.54, 1.807) is 20.8 Å². The maximum atomic E-state index is 12.8. The van der Waals surface area contributed by atoms with Crippen LogP contribution in [-0.4, -0.2) is 93.5 Å². The monoisotopic (exact) mass is 604 g/mol. The molecule has 8 N–H and O–H groups in total. The minimum atomic E-state index is -1.63. The Morgan fingerprint density at radius 2 is 1.38 bits per heavy atom. The van der Waals surface area contributed by atoms with Gasteiger partial charge in [0.15, 0.2) is 1.41 Å². The molecule has 0 fully saturated rings. The van der Waals surface area contributed by atoms with E-state index in [0.29, 0.717) is 6.42 Å². The minimum Gasteiger partial charge on any atom is -0.480 e. The Morgan fingerprint density at radius 1 is 0.786 bits per heavy atom. The second-order valence-corrected chi connectivity index (χ2v) is 10.6. The molecule has 4 atom stereocenters. The minimum absolute atomic E-state index is 0.0897. The van der Waals surface area contributed by atoms with E-state index in [4.69, 9.17) is 11.3 Å². The summed E-state index contributed by atoms with van der Waals surface area (Å²) in [5.74, 6) is -5.81. The maximum absolute atomic E-state index is 12.8. The molecule has 16 heteroatoms. The van der Waals surface area contributed by atoms with Gasteiger partial charge in [0, 0.05) is 6.42 Å². The van der Waals surface area contributed by atoms with Crippen molar-refractivity contribution in [3.05, 3.63) is 0 Å². The fraction of sp³-hybridized carbons (Fsp3) is 0.731. The Morgan fingerprint density at radius 3 is 1.90 bits per heavy atom. The van der Waals surface area contributed by atoms with E-state index in [1.807, 2.05) is 6.92 Å². The van der Waals surface area contributed by atoms with Crippen LogP contribution < -0.4 is 26.6 Å². The molecule has 0 heterocycles. The number of carbonyl (C=O) groups excluding carboxylic acids is 4. The topological polar surface area (TPSA) is 250 Å². The molecule has 0 rings (SSSR count). The lowest BCUT2D eigenvalue weighted by Crippen LogP contribution is -2.55. The quantitative estimate of drug-likeness (QED) is 0.0963. The number of urea groups is 1. The van der Waals surface area contributed by atoms with Gasteiger partial charge in [-0.05, 0) is 53.4 Å². The van der Waals surface area contributed by atoms with Gasteiger partial charge in [-0.2, -0.15) is 0 Å². The van der Waals surface area contributed by atoms with Gasteiger partial charge in [0.05, 0.1) is 6.54 Å². The van der Waals surface area contributed by atoms with Crippen LogP contribution in [0.4, 0.5) is 9.59 Å². The standard InChI is InChI=1S/C26H45N5O11/c1-6-7-8-9-13-19(32)29-18(23(38)39)14-27-24(40)30-16(20(33)28-15(2)21(34)35)11-10-12-17(22(36)37)31-25(41)42-26(3,4)5/h15-18H,6-14H2,1-5H3,(H,28,33)(H,29,32)(H,31,41)(H,34,35)(H,36,37)(H,38,39)(H2,27,30,40)/t15-,16-,17?,18?/m0/s1/i/hD. The molecule has 42 heavy (non-hydrogen) atoms. The van der Waals surface area contributed by atoms with Crippen molar-refractivity contribution in [1.29, 1.82) is 0 Å². The summed E-state index contributed by atoms with van der Waals surface area (Å²) in [6, 6.07) is -7.21. The van der Waals surface area contributed by atoms with Crippen LogP contribution >= 0.6 is 0 Å². The first-order valence-corrected chi connectivity index (χ1v) is 13.7. The molecule has 0 aliphatic carbocycles. The average Bonchev–Trinajstić information content (AvgIpc) is 2.88. The third kappa shape index (κ3) is 17.6. The Kier molecular flexibility index (Phi) is 16.3. The first kappa shape index (κ1) is 35.9. The number of rotatable bonds is 19. The molecule has 2 unspecified atom stereocenters. The van der Waals surface area contributed by atoms with Crippen LogP contribution in [0, 0.1) is 0 Å². The average molecular weight is 605 g/mol. The first-order valence-electron chi connectivity index (χ1n) is 14.2. The summed E-state index contributed by atoms with van der Waals surface area (Å²) < 4.78 is 13.2. The number of nitrogens with one attached hydrogen (secondary N) is 5. The molecule has 240 valence electrons. The maximum Gasteiger partial charge on any atom is 0.408 e. The zero-order valence-electron chi connectivity index (χ0n) is 25.7. The van der Waals surface area contributed by atoms with Gasteiger partial charge in [0.2, 0.25) is 11.8 Å². The molecule has 0 aromatic heterocycles. The van der Waals surface area contributed by atoms with Crippen molar-refractivity contribution in [1.82, 2.24) is 26.6 Å². The molecule has 0 radical (unpaired) electrons. The molecule has 0 aliphatic heterocycles. The molecule has 0 aliphatic rings. The lowest BCUT2D eigenvalue weighted by molar-refractivity contribution is -0.141. The Balaban J connectivity index is 5.46. The summed E-state index contributed by atoms with van der Waals surface area (Å²) >= 11 is 0. The lowest BCUT2D eigenvalue weighted by Gasteiger charge is -2.23. The zero-order chi connectivity index (χ0) is 33.3. The third-order valence-electron chi connectivity index (χ3n) is 5.61. The van der Waals surface area contributed by atoms with Crippen molar-refractivity contribution in [3.63, 3.8) is 0 Å². The van der Waals surface area contributed by atoms with Gasteiger partial charge in [-0.15, -0.1) is 0 Å². The van der Waals surface area contributed by atoms with E-state index in [9.17, 15) is 43.8 Å². The molecule has 0 saturated carbocycles. The van der Waals surface area contributed by atoms with E-state index in [2.05, 4.69) is 21.3 Å². The van der Waals surface area contributed by atoms with Crippen molar-refractivity contribution < 1.29 is 55.0 Å². The van der Waals surface area contributed by atoms with E-state index >= 15 is 0 Å². The predicted molar refractivity (Wildman–Crippen MR) is 149 cm³/mol. The largest absolute Gasteiger partial charge is 0.480 e. The number of hydrogen-bond donors (Lipinski definition) is 8. The Bertz CT molecular complexity index is 989. The molecule has 5 amide bonds. The highest BCUT2D eigenvalue weighted by molar-refractivity contribution is 5.90. The van der Waals surface area contributed by atoms with Gasteiger partial charge in [-0.25, -0.2) is 19.2 Å². The van der Waals surface area contributed by atoms with Crippen LogP contribution in [0.25, 0.3) is 0 Å². The van der Waals surface area contributed by atoms with Crippen molar-refractivity contribution in [3.8, 4) is 0 Å². The molecule has 0 saturated heterocycles. The summed E-state index contributed by atoms with van der Waals surface area (Å²) in [6.07, 6.45) is 1.62. The second-order valence-electron chi connectivity index (χ2n) is 10.6. The number of ether oxygens (including phenoxy) is 1. The normalized spacial score (nSPS) is 14.2. The molecular weight excluding hydrogens is 558 g/mol. The number of hydrogen-bond acceptors (Lipinski definition) is 8. The number of carboxylic acids is 3. The highest BCUT2D eigenvalue weighted by Gasteiger charge is 2.28. The van der Waals surface area contributed by atoms with E-state index in [1.165, 1.54) is 0 Å². The Labute approximate surface area is 246 Å². The number of alkyl carbamates (subject to hydrolysis) is 1. The smallest absolute Gasteiger partial charge is 0.408 e. The van der Waals surface area contributed by atoms with Crippen LogP contribution in [0.5, 0.6) is 0 Å². The Hall–Kier alpha value is -4.11. The van der Waals surface area contributed by atoms with Crippen LogP contribution in [0.2, 0.25) is 1.41 Å². The molecule has 0 aromatic carbocycles. The summed E-state index contributed by atoms with van der Waals surface area (Å²) in [7, 11) is 0. The first-order chi connectivity index (χ1) is 19.9.